The highest BCUT2D eigenvalue weighted by molar-refractivity contribution is 5.74. The average Bonchev–Trinajstić information content (AvgIpc) is 3.21. The first kappa shape index (κ1) is 12.6. The van der Waals surface area contributed by atoms with Gasteiger partial charge in [-0.2, -0.15) is 4.98 Å². The molecule has 1 spiro atoms. The van der Waals surface area contributed by atoms with Crippen molar-refractivity contribution in [2.45, 2.75) is 43.6 Å². The minimum Gasteiger partial charge on any atom is -0.458 e. The summed E-state index contributed by atoms with van der Waals surface area (Å²) in [6.45, 7) is 0. The van der Waals surface area contributed by atoms with Crippen molar-refractivity contribution in [1.82, 2.24) is 10.1 Å². The molecule has 1 aromatic carbocycles. The highest BCUT2D eigenvalue weighted by Gasteiger charge is 2.53. The minimum absolute atomic E-state index is 0.0996. The van der Waals surface area contributed by atoms with Gasteiger partial charge in [-0.25, -0.2) is 0 Å². The molecule has 5 nitrogen and oxygen atoms in total. The molecule has 2 aromatic rings. The van der Waals surface area contributed by atoms with Gasteiger partial charge in [0, 0.05) is 5.56 Å². The second kappa shape index (κ2) is 4.69. The predicted octanol–water partition coefficient (Wildman–Crippen LogP) is 3.08. The zero-order chi connectivity index (χ0) is 14.3. The smallest absolute Gasteiger partial charge is 0.307 e. The van der Waals surface area contributed by atoms with E-state index >= 15 is 0 Å². The molecule has 21 heavy (non-hydrogen) atoms. The summed E-state index contributed by atoms with van der Waals surface area (Å²) in [5, 5.41) is 4.06. The van der Waals surface area contributed by atoms with Crippen LogP contribution in [0.5, 0.6) is 0 Å². The summed E-state index contributed by atoms with van der Waals surface area (Å²) in [6, 6.07) is 9.70. The van der Waals surface area contributed by atoms with Crippen LogP contribution >= 0.6 is 0 Å². The summed E-state index contributed by atoms with van der Waals surface area (Å²) in [5.74, 6) is 0.846. The molecule has 2 fully saturated rings. The number of carbonyl (C=O) groups excluding carboxylic acids is 1. The molecule has 1 aliphatic heterocycles. The van der Waals surface area contributed by atoms with Crippen molar-refractivity contribution in [3.05, 3.63) is 36.2 Å². The molecule has 1 saturated heterocycles. The molecule has 0 unspecified atom stereocenters. The lowest BCUT2D eigenvalue weighted by atomic mass is 9.85. The standard InChI is InChI=1S/C16H16N2O3/c19-13-10-12(16(20-13)8-4-5-9-16)15-17-14(18-21-15)11-6-2-1-3-7-11/h1-3,6-7,12H,4-5,8-10H2/t12-/m1/s1. The molecular weight excluding hydrogens is 268 g/mol. The van der Waals surface area contributed by atoms with Gasteiger partial charge in [-0.15, -0.1) is 0 Å². The van der Waals surface area contributed by atoms with E-state index in [1.807, 2.05) is 30.3 Å². The fraction of sp³-hybridized carbons (Fsp3) is 0.438. The summed E-state index contributed by atoms with van der Waals surface area (Å²) in [4.78, 5) is 16.3. The van der Waals surface area contributed by atoms with E-state index in [-0.39, 0.29) is 11.9 Å². The molecule has 5 heteroatoms. The van der Waals surface area contributed by atoms with Gasteiger partial charge in [0.25, 0.3) is 0 Å². The first-order valence-electron chi connectivity index (χ1n) is 7.38. The van der Waals surface area contributed by atoms with Gasteiger partial charge in [-0.3, -0.25) is 4.79 Å². The molecule has 108 valence electrons. The van der Waals surface area contributed by atoms with Crippen molar-refractivity contribution in [3.8, 4) is 11.4 Å². The maximum absolute atomic E-state index is 11.8. The Morgan fingerprint density at radius 3 is 2.67 bits per heavy atom. The van der Waals surface area contributed by atoms with Gasteiger partial charge in [0.1, 0.15) is 5.60 Å². The first-order valence-corrected chi connectivity index (χ1v) is 7.38. The molecule has 0 bridgehead atoms. The van der Waals surface area contributed by atoms with Crippen molar-refractivity contribution in [1.29, 1.82) is 0 Å². The van der Waals surface area contributed by atoms with Crippen molar-refractivity contribution in [3.63, 3.8) is 0 Å². The molecule has 4 rings (SSSR count). The van der Waals surface area contributed by atoms with Gasteiger partial charge < -0.3 is 9.26 Å². The minimum atomic E-state index is -0.405. The van der Waals surface area contributed by atoms with Crippen LogP contribution in [0.2, 0.25) is 0 Å². The Labute approximate surface area is 122 Å². The van der Waals surface area contributed by atoms with E-state index in [2.05, 4.69) is 10.1 Å². The quantitative estimate of drug-likeness (QED) is 0.793. The maximum Gasteiger partial charge on any atom is 0.307 e. The predicted molar refractivity (Wildman–Crippen MR) is 74.4 cm³/mol. The SMILES string of the molecule is O=C1C[C@H](c2nc(-c3ccccc3)no2)C2(CCCC2)O1. The molecule has 1 aliphatic carbocycles. The Kier molecular flexibility index (Phi) is 2.80. The van der Waals surface area contributed by atoms with Crippen LogP contribution in [0.15, 0.2) is 34.9 Å². The van der Waals surface area contributed by atoms with Gasteiger partial charge in [-0.05, 0) is 25.7 Å². The third-order valence-electron chi connectivity index (χ3n) is 4.54. The van der Waals surface area contributed by atoms with E-state index in [0.717, 1.165) is 31.2 Å². The Bertz CT molecular complexity index is 659. The molecule has 2 aliphatic rings. The Hall–Kier alpha value is -2.17. The van der Waals surface area contributed by atoms with Crippen LogP contribution in [0.4, 0.5) is 0 Å². The normalized spacial score (nSPS) is 23.6. The molecule has 0 amide bonds. The number of hydrogen-bond donors (Lipinski definition) is 0. The second-order valence-corrected chi connectivity index (χ2v) is 5.82. The number of aromatic nitrogens is 2. The van der Waals surface area contributed by atoms with E-state index in [1.165, 1.54) is 0 Å². The van der Waals surface area contributed by atoms with E-state index < -0.39 is 5.60 Å². The van der Waals surface area contributed by atoms with Gasteiger partial charge >= 0.3 is 5.97 Å². The van der Waals surface area contributed by atoms with Crippen LogP contribution < -0.4 is 0 Å². The number of benzene rings is 1. The number of ether oxygens (including phenoxy) is 1. The summed E-state index contributed by atoms with van der Waals surface area (Å²) >= 11 is 0. The van der Waals surface area contributed by atoms with Crippen LogP contribution in [0, 0.1) is 0 Å². The Balaban J connectivity index is 1.67. The van der Waals surface area contributed by atoms with Crippen LogP contribution in [0.25, 0.3) is 11.4 Å². The van der Waals surface area contributed by atoms with Crippen molar-refractivity contribution >= 4 is 5.97 Å². The van der Waals surface area contributed by atoms with E-state index in [9.17, 15) is 4.79 Å². The van der Waals surface area contributed by atoms with Gasteiger partial charge in [0.05, 0.1) is 12.3 Å². The Morgan fingerprint density at radius 1 is 1.14 bits per heavy atom. The summed E-state index contributed by atoms with van der Waals surface area (Å²) < 4.78 is 11.1. The summed E-state index contributed by atoms with van der Waals surface area (Å²) in [5.41, 5.74) is 0.510. The second-order valence-electron chi connectivity index (χ2n) is 5.82. The number of hydrogen-bond acceptors (Lipinski definition) is 5. The fourth-order valence-corrected chi connectivity index (χ4v) is 3.51. The van der Waals surface area contributed by atoms with E-state index in [4.69, 9.17) is 9.26 Å². The zero-order valence-corrected chi connectivity index (χ0v) is 11.6. The highest BCUT2D eigenvalue weighted by atomic mass is 16.6. The summed E-state index contributed by atoms with van der Waals surface area (Å²) in [6.07, 6.45) is 4.31. The third-order valence-corrected chi connectivity index (χ3v) is 4.54. The topological polar surface area (TPSA) is 65.2 Å². The summed E-state index contributed by atoms with van der Waals surface area (Å²) in [7, 11) is 0. The molecule has 1 atom stereocenters. The van der Waals surface area contributed by atoms with Crippen molar-refractivity contribution in [2.24, 2.45) is 0 Å². The molecule has 0 N–H and O–H groups in total. The number of rotatable bonds is 2. The lowest BCUT2D eigenvalue weighted by Gasteiger charge is -2.26. The number of nitrogens with zero attached hydrogens (tertiary/aromatic N) is 2. The zero-order valence-electron chi connectivity index (χ0n) is 11.6. The average molecular weight is 284 g/mol. The maximum atomic E-state index is 11.8. The Morgan fingerprint density at radius 2 is 1.90 bits per heavy atom. The fourth-order valence-electron chi connectivity index (χ4n) is 3.51. The first-order chi connectivity index (χ1) is 10.3. The third kappa shape index (κ3) is 2.04. The molecule has 0 radical (unpaired) electrons. The lowest BCUT2D eigenvalue weighted by molar-refractivity contribution is -0.148. The van der Waals surface area contributed by atoms with E-state index in [1.54, 1.807) is 0 Å². The van der Waals surface area contributed by atoms with Gasteiger partial charge in [-0.1, -0.05) is 35.5 Å². The van der Waals surface area contributed by atoms with Crippen LogP contribution in [-0.2, 0) is 9.53 Å². The molecule has 1 aromatic heterocycles. The molecule has 2 heterocycles. The van der Waals surface area contributed by atoms with Crippen LogP contribution in [0.3, 0.4) is 0 Å². The van der Waals surface area contributed by atoms with Gasteiger partial charge in [0.2, 0.25) is 11.7 Å². The monoisotopic (exact) mass is 284 g/mol. The molecular formula is C16H16N2O3. The van der Waals surface area contributed by atoms with E-state index in [0.29, 0.717) is 18.1 Å². The van der Waals surface area contributed by atoms with Gasteiger partial charge in [0.15, 0.2) is 0 Å². The van der Waals surface area contributed by atoms with Crippen LogP contribution in [0.1, 0.15) is 43.9 Å². The number of esters is 1. The largest absolute Gasteiger partial charge is 0.458 e. The number of carbonyl (C=O) groups is 1. The highest BCUT2D eigenvalue weighted by Crippen LogP contribution is 2.50. The van der Waals surface area contributed by atoms with Crippen molar-refractivity contribution in [2.75, 3.05) is 0 Å². The van der Waals surface area contributed by atoms with Crippen LogP contribution in [-0.4, -0.2) is 21.7 Å². The lowest BCUT2D eigenvalue weighted by Crippen LogP contribution is -2.30. The molecule has 1 saturated carbocycles. The van der Waals surface area contributed by atoms with Crippen molar-refractivity contribution < 1.29 is 14.1 Å².